The van der Waals surface area contributed by atoms with Crippen LogP contribution in [0.4, 0.5) is 11.4 Å². The first-order chi connectivity index (χ1) is 11.7. The van der Waals surface area contributed by atoms with Crippen LogP contribution in [0, 0.1) is 17.0 Å². The number of rotatable bonds is 6. The zero-order valence-corrected chi connectivity index (χ0v) is 14.0. The first kappa shape index (κ1) is 18.2. The van der Waals surface area contributed by atoms with E-state index in [0.717, 1.165) is 18.2 Å². The average molecular weight is 366 g/mol. The van der Waals surface area contributed by atoms with Gasteiger partial charge in [-0.3, -0.25) is 14.8 Å². The van der Waals surface area contributed by atoms with Crippen LogP contribution in [0.5, 0.6) is 5.75 Å². The number of nitrogens with one attached hydrogen (secondary N) is 1. The molecular formula is C15H14N2O7S. The Morgan fingerprint density at radius 1 is 1.28 bits per heavy atom. The molecule has 0 bridgehead atoms. The van der Waals surface area contributed by atoms with Gasteiger partial charge in [-0.05, 0) is 30.7 Å². The van der Waals surface area contributed by atoms with Crippen molar-refractivity contribution in [3.63, 3.8) is 0 Å². The summed E-state index contributed by atoms with van der Waals surface area (Å²) in [6.07, 6.45) is 0. The molecule has 2 rings (SSSR count). The standard InChI is InChI=1S/C15H14N2O7S/c1-9-4-3-5-11(15(18)19)14(9)16-25(22,23)10-6-7-13(24-2)12(8-10)17(20)21/h3-8,16H,1-2H3,(H,18,19). The van der Waals surface area contributed by atoms with E-state index in [2.05, 4.69) is 4.72 Å². The number of carbonyl (C=O) groups is 1. The van der Waals surface area contributed by atoms with Crippen LogP contribution in [0.2, 0.25) is 0 Å². The van der Waals surface area contributed by atoms with Crippen molar-refractivity contribution < 1.29 is 28.0 Å². The van der Waals surface area contributed by atoms with Crippen LogP contribution in [0.25, 0.3) is 0 Å². The van der Waals surface area contributed by atoms with Gasteiger partial charge in [0.15, 0.2) is 5.75 Å². The zero-order valence-electron chi connectivity index (χ0n) is 13.2. The first-order valence-electron chi connectivity index (χ1n) is 6.85. The summed E-state index contributed by atoms with van der Waals surface area (Å²) in [6, 6.07) is 7.41. The number of nitrogens with zero attached hydrogens (tertiary/aromatic N) is 1. The molecule has 2 N–H and O–H groups in total. The minimum Gasteiger partial charge on any atom is -0.490 e. The lowest BCUT2D eigenvalue weighted by molar-refractivity contribution is -0.386. The highest BCUT2D eigenvalue weighted by Gasteiger charge is 2.24. The predicted octanol–water partition coefficient (Wildman–Crippen LogP) is 2.41. The Kier molecular flexibility index (Phi) is 4.93. The van der Waals surface area contributed by atoms with Gasteiger partial charge in [0, 0.05) is 6.07 Å². The zero-order chi connectivity index (χ0) is 18.8. The van der Waals surface area contributed by atoms with Gasteiger partial charge in [0.1, 0.15) is 0 Å². The van der Waals surface area contributed by atoms with Crippen molar-refractivity contribution in [3.8, 4) is 5.75 Å². The first-order valence-corrected chi connectivity index (χ1v) is 8.34. The Balaban J connectivity index is 2.53. The van der Waals surface area contributed by atoms with E-state index in [-0.39, 0.29) is 21.9 Å². The smallest absolute Gasteiger partial charge is 0.337 e. The maximum absolute atomic E-state index is 12.5. The molecule has 9 nitrogen and oxygen atoms in total. The molecule has 0 aromatic heterocycles. The second kappa shape index (κ2) is 6.77. The molecule has 2 aromatic rings. The van der Waals surface area contributed by atoms with Crippen molar-refractivity contribution in [1.29, 1.82) is 0 Å². The Morgan fingerprint density at radius 3 is 2.52 bits per heavy atom. The largest absolute Gasteiger partial charge is 0.490 e. The highest BCUT2D eigenvalue weighted by molar-refractivity contribution is 7.92. The average Bonchev–Trinajstić information content (AvgIpc) is 2.55. The number of hydrogen-bond acceptors (Lipinski definition) is 6. The van der Waals surface area contributed by atoms with Gasteiger partial charge in [-0.25, -0.2) is 13.2 Å². The number of carboxylic acid groups (broad SMARTS) is 1. The molecule has 25 heavy (non-hydrogen) atoms. The van der Waals surface area contributed by atoms with Crippen LogP contribution >= 0.6 is 0 Å². The number of nitro benzene ring substituents is 1. The van der Waals surface area contributed by atoms with E-state index in [9.17, 15) is 28.4 Å². The van der Waals surface area contributed by atoms with Gasteiger partial charge in [0.25, 0.3) is 10.0 Å². The maximum atomic E-state index is 12.5. The normalized spacial score (nSPS) is 11.0. The molecule has 0 saturated carbocycles. The number of para-hydroxylation sites is 1. The fourth-order valence-corrected chi connectivity index (χ4v) is 3.33. The molecule has 0 fully saturated rings. The van der Waals surface area contributed by atoms with Crippen molar-refractivity contribution in [3.05, 3.63) is 57.6 Å². The van der Waals surface area contributed by atoms with E-state index in [1.807, 2.05) is 0 Å². The quantitative estimate of drug-likeness (QED) is 0.592. The molecule has 0 heterocycles. The van der Waals surface area contributed by atoms with Crippen LogP contribution in [0.1, 0.15) is 15.9 Å². The number of ether oxygens (including phenoxy) is 1. The molecule has 0 saturated heterocycles. The topological polar surface area (TPSA) is 136 Å². The van der Waals surface area contributed by atoms with Crippen LogP contribution in [-0.4, -0.2) is 31.5 Å². The van der Waals surface area contributed by atoms with E-state index in [1.165, 1.54) is 19.2 Å². The van der Waals surface area contributed by atoms with Crippen LogP contribution in [0.15, 0.2) is 41.3 Å². The third-order valence-electron chi connectivity index (χ3n) is 3.40. The second-order valence-electron chi connectivity index (χ2n) is 5.00. The van der Waals surface area contributed by atoms with Gasteiger partial charge < -0.3 is 9.84 Å². The summed E-state index contributed by atoms with van der Waals surface area (Å²) in [5, 5.41) is 20.3. The Morgan fingerprint density at radius 2 is 1.96 bits per heavy atom. The summed E-state index contributed by atoms with van der Waals surface area (Å²) in [7, 11) is -3.02. The third kappa shape index (κ3) is 3.69. The molecule has 0 radical (unpaired) electrons. The van der Waals surface area contributed by atoms with E-state index in [1.54, 1.807) is 13.0 Å². The summed E-state index contributed by atoms with van der Waals surface area (Å²) in [5.74, 6) is -1.40. The summed E-state index contributed by atoms with van der Waals surface area (Å²) in [5.41, 5.74) is -0.458. The number of methoxy groups -OCH3 is 1. The van der Waals surface area contributed by atoms with Crippen LogP contribution < -0.4 is 9.46 Å². The van der Waals surface area contributed by atoms with E-state index < -0.39 is 26.6 Å². The minimum absolute atomic E-state index is 0.0916. The van der Waals surface area contributed by atoms with E-state index >= 15 is 0 Å². The van der Waals surface area contributed by atoms with Crippen LogP contribution in [-0.2, 0) is 10.0 Å². The monoisotopic (exact) mass is 366 g/mol. The third-order valence-corrected chi connectivity index (χ3v) is 4.74. The van der Waals surface area contributed by atoms with Crippen molar-refractivity contribution in [1.82, 2.24) is 0 Å². The molecule has 0 atom stereocenters. The summed E-state index contributed by atoms with van der Waals surface area (Å²) < 4.78 is 32.1. The molecule has 0 aliphatic carbocycles. The molecule has 0 unspecified atom stereocenters. The second-order valence-corrected chi connectivity index (χ2v) is 6.68. The number of carboxylic acids is 1. The van der Waals surface area contributed by atoms with Crippen molar-refractivity contribution in [2.45, 2.75) is 11.8 Å². The Labute approximate surface area is 143 Å². The SMILES string of the molecule is COc1ccc(S(=O)(=O)Nc2c(C)cccc2C(=O)O)cc1[N+](=O)[O-]. The summed E-state index contributed by atoms with van der Waals surface area (Å²) >= 11 is 0. The van der Waals surface area contributed by atoms with E-state index in [0.29, 0.717) is 5.56 Å². The van der Waals surface area contributed by atoms with Gasteiger partial charge in [-0.2, -0.15) is 0 Å². The lowest BCUT2D eigenvalue weighted by Crippen LogP contribution is -2.17. The Bertz CT molecular complexity index is 954. The Hall–Kier alpha value is -3.14. The van der Waals surface area contributed by atoms with Gasteiger partial charge in [-0.1, -0.05) is 12.1 Å². The molecule has 132 valence electrons. The molecule has 0 aliphatic heterocycles. The highest BCUT2D eigenvalue weighted by atomic mass is 32.2. The van der Waals surface area contributed by atoms with Crippen molar-refractivity contribution in [2.75, 3.05) is 11.8 Å². The van der Waals surface area contributed by atoms with E-state index in [4.69, 9.17) is 4.74 Å². The number of sulfonamides is 1. The van der Waals surface area contributed by atoms with Crippen molar-refractivity contribution >= 4 is 27.4 Å². The molecule has 0 amide bonds. The number of benzene rings is 2. The molecular weight excluding hydrogens is 352 g/mol. The highest BCUT2D eigenvalue weighted by Crippen LogP contribution is 2.31. The fourth-order valence-electron chi connectivity index (χ4n) is 2.15. The maximum Gasteiger partial charge on any atom is 0.337 e. The van der Waals surface area contributed by atoms with Crippen molar-refractivity contribution in [2.24, 2.45) is 0 Å². The number of hydrogen-bond donors (Lipinski definition) is 2. The lowest BCUT2D eigenvalue weighted by Gasteiger charge is -2.13. The number of aromatic carboxylic acids is 1. The lowest BCUT2D eigenvalue weighted by atomic mass is 10.1. The minimum atomic E-state index is -4.25. The van der Waals surface area contributed by atoms with Crippen LogP contribution in [0.3, 0.4) is 0 Å². The predicted molar refractivity (Wildman–Crippen MR) is 88.6 cm³/mol. The van der Waals surface area contributed by atoms with Gasteiger partial charge in [0.2, 0.25) is 0 Å². The van der Waals surface area contributed by atoms with Gasteiger partial charge >= 0.3 is 11.7 Å². The molecule has 0 aliphatic rings. The van der Waals surface area contributed by atoms with Gasteiger partial charge in [0.05, 0.1) is 28.2 Å². The number of aryl methyl sites for hydroxylation is 1. The summed E-state index contributed by atoms with van der Waals surface area (Å²) in [6.45, 7) is 1.54. The summed E-state index contributed by atoms with van der Waals surface area (Å²) in [4.78, 5) is 21.2. The van der Waals surface area contributed by atoms with Gasteiger partial charge in [-0.15, -0.1) is 0 Å². The molecule has 10 heteroatoms. The number of nitro groups is 1. The molecule has 2 aromatic carbocycles. The number of anilines is 1. The fraction of sp³-hybridized carbons (Fsp3) is 0.133. The molecule has 0 spiro atoms.